The molecule has 0 radical (unpaired) electrons. The predicted octanol–water partition coefficient (Wildman–Crippen LogP) is 5.44. The lowest BCUT2D eigenvalue weighted by Crippen LogP contribution is -2.35. The first-order valence-electron chi connectivity index (χ1n) is 10.0. The van der Waals surface area contributed by atoms with Crippen LogP contribution in [0, 0.1) is 0 Å². The zero-order valence-corrected chi connectivity index (χ0v) is 19.4. The number of nitrogens with one attached hydrogen (secondary N) is 1. The largest absolute Gasteiger partial charge is 0.495 e. The number of hydrogen-bond donors (Lipinski definition) is 1. The number of carbonyl (C=O) groups is 1. The monoisotopic (exact) mass is 540 g/mol. The third-order valence-electron chi connectivity index (χ3n) is 5.56. The molecule has 0 aliphatic carbocycles. The Kier molecular flexibility index (Phi) is 6.05. The second-order valence-corrected chi connectivity index (χ2v) is 8.95. The van der Waals surface area contributed by atoms with Gasteiger partial charge in [0.05, 0.1) is 23.9 Å². The number of alkyl halides is 3. The molecular formula is C22H23F2IN4O2. The van der Waals surface area contributed by atoms with Gasteiger partial charge in [0.15, 0.2) is 0 Å². The highest BCUT2D eigenvalue weighted by Gasteiger charge is 2.28. The van der Waals surface area contributed by atoms with Gasteiger partial charge >= 0.3 is 3.93 Å². The molecule has 2 aromatic heterocycles. The van der Waals surface area contributed by atoms with Crippen LogP contribution >= 0.6 is 22.6 Å². The summed E-state index contributed by atoms with van der Waals surface area (Å²) in [6, 6.07) is 6.05. The van der Waals surface area contributed by atoms with E-state index in [4.69, 9.17) is 4.74 Å². The van der Waals surface area contributed by atoms with Crippen molar-refractivity contribution in [3.8, 4) is 5.75 Å². The summed E-state index contributed by atoms with van der Waals surface area (Å²) in [7, 11) is 3.35. The minimum atomic E-state index is -3.01. The molecule has 0 saturated carbocycles. The van der Waals surface area contributed by atoms with Crippen LogP contribution in [0.5, 0.6) is 5.75 Å². The lowest BCUT2D eigenvalue weighted by molar-refractivity contribution is 0.0725. The number of ether oxygens (including phenoxy) is 1. The minimum absolute atomic E-state index is 0.0327. The van der Waals surface area contributed by atoms with E-state index < -0.39 is 3.93 Å². The number of anilines is 2. The molecule has 31 heavy (non-hydrogen) atoms. The maximum atomic E-state index is 13.8. The van der Waals surface area contributed by atoms with E-state index in [-0.39, 0.29) is 11.5 Å². The molecule has 3 heterocycles. The van der Waals surface area contributed by atoms with Crippen molar-refractivity contribution in [3.05, 3.63) is 47.8 Å². The van der Waals surface area contributed by atoms with Crippen LogP contribution in [0.25, 0.3) is 10.9 Å². The molecule has 3 aromatic rings. The number of likely N-dealkylation sites (tertiary alicyclic amines) is 1. The quantitative estimate of drug-likeness (QED) is 0.346. The molecule has 1 aliphatic rings. The molecule has 4 rings (SSSR count). The standard InChI is InChI=1S/C22H23F2IN4O2/c1-28-11-8-15-19(28)16(21(30)29-9-4-3-5-10-29)13-26-20(15)27-17-12-14(22(23,24)25)6-7-18(17)31-2/h6-8,11-13H,3-5,9-10H2,1-2H3,(H,26,27). The van der Waals surface area contributed by atoms with E-state index in [1.807, 2.05) is 28.8 Å². The Labute approximate surface area is 192 Å². The molecule has 1 fully saturated rings. The number of carbonyl (C=O) groups excluding carboxylic acids is 1. The fourth-order valence-corrected chi connectivity index (χ4v) is 4.28. The van der Waals surface area contributed by atoms with Crippen LogP contribution in [-0.2, 0) is 11.0 Å². The Morgan fingerprint density at radius 2 is 1.97 bits per heavy atom. The molecule has 6 nitrogen and oxygen atoms in total. The Morgan fingerprint density at radius 1 is 1.23 bits per heavy atom. The van der Waals surface area contributed by atoms with Gasteiger partial charge in [-0.3, -0.25) is 4.79 Å². The molecule has 9 heteroatoms. The first-order valence-corrected chi connectivity index (χ1v) is 11.1. The summed E-state index contributed by atoms with van der Waals surface area (Å²) < 4.78 is 31.9. The highest BCUT2D eigenvalue weighted by atomic mass is 127. The normalized spacial score (nSPS) is 14.7. The average Bonchev–Trinajstić information content (AvgIpc) is 3.15. The summed E-state index contributed by atoms with van der Waals surface area (Å²) in [5.74, 6) is 0.858. The van der Waals surface area contributed by atoms with E-state index in [0.29, 0.717) is 22.8 Å². The predicted molar refractivity (Wildman–Crippen MR) is 125 cm³/mol. The van der Waals surface area contributed by atoms with Crippen molar-refractivity contribution < 1.29 is 18.3 Å². The fraction of sp³-hybridized carbons (Fsp3) is 0.364. The first kappa shape index (κ1) is 21.8. The Morgan fingerprint density at radius 3 is 2.65 bits per heavy atom. The number of rotatable bonds is 5. The van der Waals surface area contributed by atoms with Crippen LogP contribution in [0.1, 0.15) is 35.2 Å². The highest BCUT2D eigenvalue weighted by molar-refractivity contribution is 14.1. The van der Waals surface area contributed by atoms with Gasteiger partial charge in [-0.1, -0.05) is 0 Å². The van der Waals surface area contributed by atoms with E-state index in [0.717, 1.165) is 65.8 Å². The van der Waals surface area contributed by atoms with Gasteiger partial charge in [-0.05, 0) is 43.5 Å². The SMILES string of the molecule is COc1ccc(C(F)(F)I)cc1Nc1ncc(C(=O)N2CCCCC2)c2c1ccn2C. The summed E-state index contributed by atoms with van der Waals surface area (Å²) in [5, 5.41) is 3.86. The number of amides is 1. The highest BCUT2D eigenvalue weighted by Crippen LogP contribution is 2.40. The second-order valence-electron chi connectivity index (χ2n) is 7.60. The van der Waals surface area contributed by atoms with Crippen LogP contribution in [0.15, 0.2) is 36.7 Å². The maximum Gasteiger partial charge on any atom is 0.321 e. The zero-order valence-electron chi connectivity index (χ0n) is 17.3. The Hall–Kier alpha value is -2.43. The third kappa shape index (κ3) is 4.32. The molecule has 164 valence electrons. The van der Waals surface area contributed by atoms with Gasteiger partial charge in [0.2, 0.25) is 0 Å². The van der Waals surface area contributed by atoms with Crippen molar-refractivity contribution in [2.45, 2.75) is 23.2 Å². The molecule has 0 spiro atoms. The molecule has 0 atom stereocenters. The average molecular weight is 540 g/mol. The van der Waals surface area contributed by atoms with Gasteiger partial charge in [0.25, 0.3) is 5.91 Å². The summed E-state index contributed by atoms with van der Waals surface area (Å²) in [5.41, 5.74) is 1.53. The van der Waals surface area contributed by atoms with Gasteiger partial charge in [0.1, 0.15) is 11.6 Å². The van der Waals surface area contributed by atoms with Crippen molar-refractivity contribution in [1.82, 2.24) is 14.5 Å². The molecule has 1 N–H and O–H groups in total. The fourth-order valence-electron chi connectivity index (χ4n) is 3.95. The molecule has 1 saturated heterocycles. The summed E-state index contributed by atoms with van der Waals surface area (Å²) in [6.07, 6.45) is 6.57. The van der Waals surface area contributed by atoms with Gasteiger partial charge < -0.3 is 19.5 Å². The van der Waals surface area contributed by atoms with Crippen molar-refractivity contribution in [2.24, 2.45) is 7.05 Å². The molecule has 0 bridgehead atoms. The molecule has 1 amide bonds. The third-order valence-corrected chi connectivity index (χ3v) is 6.18. The molecule has 1 aliphatic heterocycles. The van der Waals surface area contributed by atoms with Gasteiger partial charge in [-0.15, -0.1) is 0 Å². The van der Waals surface area contributed by atoms with Crippen LogP contribution < -0.4 is 10.1 Å². The summed E-state index contributed by atoms with van der Waals surface area (Å²) in [6.45, 7) is 1.50. The van der Waals surface area contributed by atoms with Gasteiger partial charge in [0, 0.05) is 66.1 Å². The van der Waals surface area contributed by atoms with E-state index in [1.165, 1.54) is 25.3 Å². The van der Waals surface area contributed by atoms with E-state index in [1.54, 1.807) is 6.20 Å². The van der Waals surface area contributed by atoms with Gasteiger partial charge in [-0.25, -0.2) is 4.98 Å². The van der Waals surface area contributed by atoms with E-state index in [2.05, 4.69) is 10.3 Å². The number of hydrogen-bond acceptors (Lipinski definition) is 4. The number of aromatic nitrogens is 2. The summed E-state index contributed by atoms with van der Waals surface area (Å²) in [4.78, 5) is 19.5. The Balaban J connectivity index is 1.75. The number of piperidine rings is 1. The second kappa shape index (κ2) is 8.60. The van der Waals surface area contributed by atoms with E-state index in [9.17, 15) is 13.6 Å². The molecule has 0 unspecified atom stereocenters. The number of pyridine rings is 1. The number of halogens is 3. The van der Waals surface area contributed by atoms with E-state index >= 15 is 0 Å². The molecular weight excluding hydrogens is 517 g/mol. The molecule has 1 aromatic carbocycles. The number of fused-ring (bicyclic) bond motifs is 1. The van der Waals surface area contributed by atoms with Crippen molar-refractivity contribution in [2.75, 3.05) is 25.5 Å². The zero-order chi connectivity index (χ0) is 22.2. The minimum Gasteiger partial charge on any atom is -0.495 e. The number of nitrogens with zero attached hydrogens (tertiary/aromatic N) is 3. The van der Waals surface area contributed by atoms with Crippen LogP contribution in [0.4, 0.5) is 20.3 Å². The van der Waals surface area contributed by atoms with Crippen molar-refractivity contribution in [3.63, 3.8) is 0 Å². The number of aryl methyl sites for hydroxylation is 1. The van der Waals surface area contributed by atoms with Crippen LogP contribution in [-0.4, -0.2) is 40.6 Å². The number of benzene rings is 1. The van der Waals surface area contributed by atoms with Crippen LogP contribution in [0.3, 0.4) is 0 Å². The van der Waals surface area contributed by atoms with Crippen LogP contribution in [0.2, 0.25) is 0 Å². The first-order chi connectivity index (χ1) is 14.8. The number of methoxy groups -OCH3 is 1. The lowest BCUT2D eigenvalue weighted by Gasteiger charge is -2.27. The Bertz CT molecular complexity index is 1120. The smallest absolute Gasteiger partial charge is 0.321 e. The lowest BCUT2D eigenvalue weighted by atomic mass is 10.1. The van der Waals surface area contributed by atoms with Gasteiger partial charge in [-0.2, -0.15) is 8.78 Å². The van der Waals surface area contributed by atoms with Crippen molar-refractivity contribution in [1.29, 1.82) is 0 Å². The van der Waals surface area contributed by atoms with Crippen molar-refractivity contribution >= 4 is 50.9 Å². The summed E-state index contributed by atoms with van der Waals surface area (Å²) >= 11 is 1.10. The maximum absolute atomic E-state index is 13.8. The topological polar surface area (TPSA) is 59.4 Å².